The van der Waals surface area contributed by atoms with Crippen LogP contribution in [0.1, 0.15) is 6.42 Å². The van der Waals surface area contributed by atoms with Crippen molar-refractivity contribution in [3.63, 3.8) is 0 Å². The largest absolute Gasteiger partial charge is 0.399 e. The molecule has 0 bridgehead atoms. The van der Waals surface area contributed by atoms with Crippen LogP contribution in [-0.4, -0.2) is 25.3 Å². The minimum atomic E-state index is -3.85. The molecule has 0 unspecified atom stereocenters. The number of nitrogen functional groups attached to an aromatic ring is 1. The molecule has 1 aromatic rings. The van der Waals surface area contributed by atoms with Gasteiger partial charge < -0.3 is 11.1 Å². The van der Waals surface area contributed by atoms with Crippen LogP contribution in [0.15, 0.2) is 24.3 Å². The zero-order chi connectivity index (χ0) is 11.3. The predicted octanol–water partition coefficient (Wildman–Crippen LogP) is 0.959. The molecule has 0 saturated carbocycles. The van der Waals surface area contributed by atoms with Gasteiger partial charge in [-0.3, -0.25) is 4.55 Å². The fraction of sp³-hybridized carbons (Fsp3) is 0.333. The molecule has 0 radical (unpaired) electrons. The molecule has 4 N–H and O–H groups in total. The summed E-state index contributed by atoms with van der Waals surface area (Å²) in [5.41, 5.74) is 7.05. The van der Waals surface area contributed by atoms with Crippen molar-refractivity contribution in [3.05, 3.63) is 24.3 Å². The van der Waals surface area contributed by atoms with Crippen molar-refractivity contribution in [2.75, 3.05) is 23.3 Å². The van der Waals surface area contributed by atoms with Crippen molar-refractivity contribution in [1.29, 1.82) is 0 Å². The Morgan fingerprint density at radius 1 is 1.27 bits per heavy atom. The average Bonchev–Trinajstić information content (AvgIpc) is 2.14. The number of hydrogen-bond acceptors (Lipinski definition) is 4. The van der Waals surface area contributed by atoms with Crippen molar-refractivity contribution >= 4 is 21.5 Å². The Hall–Kier alpha value is -1.27. The first kappa shape index (κ1) is 11.8. The van der Waals surface area contributed by atoms with Crippen LogP contribution in [0.2, 0.25) is 0 Å². The van der Waals surface area contributed by atoms with E-state index in [0.29, 0.717) is 18.7 Å². The summed E-state index contributed by atoms with van der Waals surface area (Å²) in [4.78, 5) is 0. The van der Waals surface area contributed by atoms with Crippen molar-refractivity contribution in [3.8, 4) is 0 Å². The van der Waals surface area contributed by atoms with Crippen LogP contribution in [0.4, 0.5) is 11.4 Å². The van der Waals surface area contributed by atoms with Crippen molar-refractivity contribution in [2.24, 2.45) is 0 Å². The number of hydrogen-bond donors (Lipinski definition) is 3. The fourth-order valence-electron chi connectivity index (χ4n) is 1.09. The second-order valence-electron chi connectivity index (χ2n) is 3.19. The van der Waals surface area contributed by atoms with E-state index in [0.717, 1.165) is 5.69 Å². The first-order valence-corrected chi connectivity index (χ1v) is 6.13. The Bertz CT molecular complexity index is 400. The van der Waals surface area contributed by atoms with E-state index < -0.39 is 10.1 Å². The first-order valence-electron chi connectivity index (χ1n) is 4.52. The molecular weight excluding hydrogens is 216 g/mol. The number of nitrogens with two attached hydrogens (primary N) is 1. The van der Waals surface area contributed by atoms with Gasteiger partial charge >= 0.3 is 0 Å². The van der Waals surface area contributed by atoms with E-state index in [1.807, 2.05) is 12.1 Å². The van der Waals surface area contributed by atoms with E-state index in [1.165, 1.54) is 0 Å². The SMILES string of the molecule is Nc1ccc(NCCCS(=O)(=O)O)cc1. The zero-order valence-corrected chi connectivity index (χ0v) is 9.00. The maximum absolute atomic E-state index is 10.4. The van der Waals surface area contributed by atoms with Gasteiger partial charge in [-0.15, -0.1) is 0 Å². The van der Waals surface area contributed by atoms with Gasteiger partial charge in [0.1, 0.15) is 0 Å². The van der Waals surface area contributed by atoms with Gasteiger partial charge in [0.05, 0.1) is 5.75 Å². The highest BCUT2D eigenvalue weighted by atomic mass is 32.2. The van der Waals surface area contributed by atoms with Gasteiger partial charge in [-0.2, -0.15) is 8.42 Å². The van der Waals surface area contributed by atoms with E-state index in [2.05, 4.69) is 5.32 Å². The molecule has 0 atom stereocenters. The lowest BCUT2D eigenvalue weighted by atomic mass is 10.3. The van der Waals surface area contributed by atoms with E-state index in [1.54, 1.807) is 12.1 Å². The maximum atomic E-state index is 10.4. The van der Waals surface area contributed by atoms with Crippen molar-refractivity contribution in [1.82, 2.24) is 0 Å². The van der Waals surface area contributed by atoms with Crippen molar-refractivity contribution in [2.45, 2.75) is 6.42 Å². The molecule has 5 nitrogen and oxygen atoms in total. The van der Waals surface area contributed by atoms with Crippen LogP contribution in [-0.2, 0) is 10.1 Å². The normalized spacial score (nSPS) is 11.3. The lowest BCUT2D eigenvalue weighted by Crippen LogP contribution is -2.10. The predicted molar refractivity (Wildman–Crippen MR) is 60.4 cm³/mol. The third-order valence-electron chi connectivity index (χ3n) is 1.82. The summed E-state index contributed by atoms with van der Waals surface area (Å²) in [7, 11) is -3.85. The maximum Gasteiger partial charge on any atom is 0.264 e. The van der Waals surface area contributed by atoms with Crippen LogP contribution in [0.3, 0.4) is 0 Å². The zero-order valence-electron chi connectivity index (χ0n) is 8.18. The second kappa shape index (κ2) is 4.99. The number of anilines is 2. The third kappa shape index (κ3) is 5.24. The topological polar surface area (TPSA) is 92.4 Å². The van der Waals surface area contributed by atoms with Gasteiger partial charge in [-0.1, -0.05) is 0 Å². The molecule has 0 heterocycles. The summed E-state index contributed by atoms with van der Waals surface area (Å²) in [6.07, 6.45) is 0.364. The molecule has 84 valence electrons. The summed E-state index contributed by atoms with van der Waals surface area (Å²) < 4.78 is 29.3. The Labute approximate surface area is 89.0 Å². The average molecular weight is 230 g/mol. The quantitative estimate of drug-likeness (QED) is 0.398. The van der Waals surface area contributed by atoms with Gasteiger partial charge in [-0.05, 0) is 30.7 Å². The standard InChI is InChI=1S/C9H14N2O3S/c10-8-2-4-9(5-3-8)11-6-1-7-15(12,13)14/h2-5,11H,1,6-7,10H2,(H,12,13,14). The molecule has 0 aliphatic carbocycles. The summed E-state index contributed by atoms with van der Waals surface area (Å²) in [6.45, 7) is 0.490. The lowest BCUT2D eigenvalue weighted by Gasteiger charge is -2.05. The molecule has 0 amide bonds. The van der Waals surface area contributed by atoms with E-state index >= 15 is 0 Å². The van der Waals surface area contributed by atoms with Crippen LogP contribution >= 0.6 is 0 Å². The molecule has 0 aliphatic heterocycles. The summed E-state index contributed by atoms with van der Waals surface area (Å²) >= 11 is 0. The molecule has 6 heteroatoms. The van der Waals surface area contributed by atoms with Crippen LogP contribution in [0.25, 0.3) is 0 Å². The minimum Gasteiger partial charge on any atom is -0.399 e. The Kier molecular flexibility index (Phi) is 3.93. The van der Waals surface area contributed by atoms with E-state index in [4.69, 9.17) is 10.3 Å². The smallest absolute Gasteiger partial charge is 0.264 e. The molecule has 0 aliphatic rings. The van der Waals surface area contributed by atoms with Gasteiger partial charge in [0.2, 0.25) is 0 Å². The fourth-order valence-corrected chi connectivity index (χ4v) is 1.60. The van der Waals surface area contributed by atoms with Crippen molar-refractivity contribution < 1.29 is 13.0 Å². The molecular formula is C9H14N2O3S. The summed E-state index contributed by atoms with van der Waals surface area (Å²) in [5, 5.41) is 3.01. The van der Waals surface area contributed by atoms with Gasteiger partial charge in [0.15, 0.2) is 0 Å². The van der Waals surface area contributed by atoms with E-state index in [-0.39, 0.29) is 5.75 Å². The Morgan fingerprint density at radius 3 is 2.40 bits per heavy atom. The van der Waals surface area contributed by atoms with E-state index in [9.17, 15) is 8.42 Å². The van der Waals surface area contributed by atoms with Crippen LogP contribution in [0, 0.1) is 0 Å². The lowest BCUT2D eigenvalue weighted by molar-refractivity contribution is 0.481. The number of nitrogens with one attached hydrogen (secondary N) is 1. The third-order valence-corrected chi connectivity index (χ3v) is 2.62. The van der Waals surface area contributed by atoms with Gasteiger partial charge in [0, 0.05) is 17.9 Å². The number of benzene rings is 1. The van der Waals surface area contributed by atoms with Gasteiger partial charge in [-0.25, -0.2) is 0 Å². The molecule has 0 saturated heterocycles. The Morgan fingerprint density at radius 2 is 1.87 bits per heavy atom. The molecule has 1 rings (SSSR count). The monoisotopic (exact) mass is 230 g/mol. The second-order valence-corrected chi connectivity index (χ2v) is 4.76. The molecule has 0 aromatic heterocycles. The highest BCUT2D eigenvalue weighted by molar-refractivity contribution is 7.85. The number of rotatable bonds is 5. The highest BCUT2D eigenvalue weighted by Gasteiger charge is 2.02. The van der Waals surface area contributed by atoms with Crippen LogP contribution < -0.4 is 11.1 Å². The Balaban J connectivity index is 2.29. The first-order chi connectivity index (χ1) is 6.97. The van der Waals surface area contributed by atoms with Crippen LogP contribution in [0.5, 0.6) is 0 Å². The molecule has 0 fully saturated rings. The highest BCUT2D eigenvalue weighted by Crippen LogP contribution is 2.10. The molecule has 0 spiro atoms. The summed E-state index contributed by atoms with van der Waals surface area (Å²) in [6, 6.07) is 7.13. The summed E-state index contributed by atoms with van der Waals surface area (Å²) in [5.74, 6) is -0.227. The molecule has 1 aromatic carbocycles. The molecule has 15 heavy (non-hydrogen) atoms. The van der Waals surface area contributed by atoms with Gasteiger partial charge in [0.25, 0.3) is 10.1 Å². The minimum absolute atomic E-state index is 0.227.